The Balaban J connectivity index is 3.58. The maximum Gasteiger partial charge on any atom is 0.230 e. The predicted molar refractivity (Wildman–Crippen MR) is 144 cm³/mol. The molecule has 0 aromatic rings. The van der Waals surface area contributed by atoms with Gasteiger partial charge >= 0.3 is 0 Å². The molecule has 4 N–H and O–H groups in total. The van der Waals surface area contributed by atoms with Crippen molar-refractivity contribution in [1.82, 2.24) is 21.3 Å². The Morgan fingerprint density at radius 1 is 0.559 bits per heavy atom. The second kappa shape index (κ2) is 24.2. The summed E-state index contributed by atoms with van der Waals surface area (Å²) in [6, 6.07) is 0. The minimum Gasteiger partial charge on any atom is -0.354 e. The molecule has 0 aromatic carbocycles. The normalized spacial score (nSPS) is 11.0. The maximum absolute atomic E-state index is 11.8. The minimum absolute atomic E-state index is 0.0586. The van der Waals surface area contributed by atoms with Crippen LogP contribution in [0.1, 0.15) is 65.2 Å². The highest BCUT2D eigenvalue weighted by molar-refractivity contribution is 8.77. The Labute approximate surface area is 212 Å². The molecule has 0 aliphatic rings. The van der Waals surface area contributed by atoms with Crippen LogP contribution in [-0.4, -0.2) is 61.3 Å². The summed E-state index contributed by atoms with van der Waals surface area (Å²) in [5.74, 6) is 0.0616. The van der Waals surface area contributed by atoms with Gasteiger partial charge in [0.1, 0.15) is 0 Å². The molecule has 0 aliphatic carbocycles. The lowest BCUT2D eigenvalue weighted by Gasteiger charge is -2.07. The SMILES string of the molecule is CCCC/C=C/CC(=O)NCCNC(=O)CSSCC(=O)NCCNC(=O)C/C=C/CCCC. The van der Waals surface area contributed by atoms with Gasteiger partial charge in [-0.25, -0.2) is 0 Å². The first-order chi connectivity index (χ1) is 16.5. The van der Waals surface area contributed by atoms with Gasteiger partial charge in [-0.15, -0.1) is 0 Å². The largest absolute Gasteiger partial charge is 0.354 e. The van der Waals surface area contributed by atoms with Crippen LogP contribution in [-0.2, 0) is 19.2 Å². The van der Waals surface area contributed by atoms with E-state index in [4.69, 9.17) is 0 Å². The van der Waals surface area contributed by atoms with Gasteiger partial charge in [0.25, 0.3) is 0 Å². The van der Waals surface area contributed by atoms with E-state index in [-0.39, 0.29) is 35.1 Å². The van der Waals surface area contributed by atoms with Crippen LogP contribution in [0.3, 0.4) is 0 Å². The molecule has 0 saturated heterocycles. The summed E-state index contributed by atoms with van der Waals surface area (Å²) in [4.78, 5) is 46.9. The first kappa shape index (κ1) is 32.1. The molecule has 8 nitrogen and oxygen atoms in total. The summed E-state index contributed by atoms with van der Waals surface area (Å²) in [5.41, 5.74) is 0. The smallest absolute Gasteiger partial charge is 0.230 e. The lowest BCUT2D eigenvalue weighted by atomic mass is 10.2. The minimum atomic E-state index is -0.141. The fourth-order valence-corrected chi connectivity index (χ4v) is 4.23. The van der Waals surface area contributed by atoms with Crippen LogP contribution < -0.4 is 21.3 Å². The maximum atomic E-state index is 11.8. The van der Waals surface area contributed by atoms with Crippen molar-refractivity contribution in [3.05, 3.63) is 24.3 Å². The van der Waals surface area contributed by atoms with E-state index in [1.165, 1.54) is 21.6 Å². The number of carbonyl (C=O) groups excluding carboxylic acids is 4. The number of amides is 4. The van der Waals surface area contributed by atoms with Gasteiger partial charge in [-0.05, 0) is 12.8 Å². The molecule has 0 rings (SSSR count). The monoisotopic (exact) mass is 514 g/mol. The molecule has 0 spiro atoms. The summed E-state index contributed by atoms with van der Waals surface area (Å²) < 4.78 is 0. The second-order valence-corrected chi connectivity index (χ2v) is 10.0. The third kappa shape index (κ3) is 23.2. The summed E-state index contributed by atoms with van der Waals surface area (Å²) in [7, 11) is 2.60. The summed E-state index contributed by atoms with van der Waals surface area (Å²) >= 11 is 0. The molecule has 0 atom stereocenters. The van der Waals surface area contributed by atoms with Crippen molar-refractivity contribution in [2.24, 2.45) is 0 Å². The van der Waals surface area contributed by atoms with Crippen LogP contribution in [0.15, 0.2) is 24.3 Å². The number of nitrogens with one attached hydrogen (secondary N) is 4. The molecule has 0 bridgehead atoms. The molecule has 4 amide bonds. The first-order valence-electron chi connectivity index (χ1n) is 12.1. The van der Waals surface area contributed by atoms with Crippen molar-refractivity contribution in [2.75, 3.05) is 37.7 Å². The fraction of sp³-hybridized carbons (Fsp3) is 0.667. The molecular weight excluding hydrogens is 472 g/mol. The van der Waals surface area contributed by atoms with E-state index in [1.807, 2.05) is 24.3 Å². The Hall–Kier alpha value is -1.94. The number of unbranched alkanes of at least 4 members (excludes halogenated alkanes) is 4. The van der Waals surface area contributed by atoms with Gasteiger partial charge in [-0.1, -0.05) is 85.4 Å². The van der Waals surface area contributed by atoms with E-state index in [1.54, 1.807) is 0 Å². The Morgan fingerprint density at radius 3 is 1.26 bits per heavy atom. The number of hydrogen-bond donors (Lipinski definition) is 4. The lowest BCUT2D eigenvalue weighted by Crippen LogP contribution is -2.35. The molecule has 0 heterocycles. The summed E-state index contributed by atoms with van der Waals surface area (Å²) in [6.45, 7) is 5.78. The molecule has 0 aromatic heterocycles. The Bertz CT molecular complexity index is 588. The molecular formula is C24H42N4O4S2. The van der Waals surface area contributed by atoms with E-state index in [0.717, 1.165) is 38.5 Å². The van der Waals surface area contributed by atoms with Crippen LogP contribution in [0.2, 0.25) is 0 Å². The highest BCUT2D eigenvalue weighted by atomic mass is 33.1. The summed E-state index contributed by atoms with van der Waals surface area (Å²) in [6.07, 6.45) is 15.0. The summed E-state index contributed by atoms with van der Waals surface area (Å²) in [5, 5.41) is 11.0. The van der Waals surface area contributed by atoms with Crippen LogP contribution in [0.5, 0.6) is 0 Å². The highest BCUT2D eigenvalue weighted by Crippen LogP contribution is 2.19. The second-order valence-electron chi connectivity index (χ2n) is 7.56. The molecule has 194 valence electrons. The zero-order chi connectivity index (χ0) is 25.3. The average molecular weight is 515 g/mol. The van der Waals surface area contributed by atoms with Crippen molar-refractivity contribution in [3.8, 4) is 0 Å². The van der Waals surface area contributed by atoms with Gasteiger partial charge in [-0.2, -0.15) is 0 Å². The van der Waals surface area contributed by atoms with Crippen LogP contribution >= 0.6 is 21.6 Å². The van der Waals surface area contributed by atoms with Crippen LogP contribution in [0.25, 0.3) is 0 Å². The van der Waals surface area contributed by atoms with E-state index in [2.05, 4.69) is 35.1 Å². The number of hydrogen-bond acceptors (Lipinski definition) is 6. The lowest BCUT2D eigenvalue weighted by molar-refractivity contribution is -0.121. The van der Waals surface area contributed by atoms with Crippen molar-refractivity contribution in [3.63, 3.8) is 0 Å². The van der Waals surface area contributed by atoms with Gasteiger partial charge in [0.05, 0.1) is 11.5 Å². The quantitative estimate of drug-likeness (QED) is 0.106. The van der Waals surface area contributed by atoms with Gasteiger partial charge in [0.2, 0.25) is 23.6 Å². The number of carbonyl (C=O) groups is 4. The van der Waals surface area contributed by atoms with Crippen molar-refractivity contribution < 1.29 is 19.2 Å². The van der Waals surface area contributed by atoms with E-state index >= 15 is 0 Å². The van der Waals surface area contributed by atoms with Gasteiger partial charge in [0.15, 0.2) is 0 Å². The van der Waals surface area contributed by atoms with Crippen molar-refractivity contribution in [1.29, 1.82) is 0 Å². The predicted octanol–water partition coefficient (Wildman–Crippen LogP) is 3.11. The Kier molecular flexibility index (Phi) is 22.8. The molecule has 0 radical (unpaired) electrons. The fourth-order valence-electron chi connectivity index (χ4n) is 2.50. The standard InChI is InChI=1S/C24H42N4O4S2/c1-3-5-7-9-11-13-21(29)25-15-17-27-23(31)19-33-34-20-24(32)28-18-16-26-22(30)14-12-10-8-6-4-2/h9-12H,3-8,13-20H2,1-2H3,(H,25,29)(H,26,30)(H,27,31)(H,28,32)/b11-9+,12-10+. The third-order valence-corrected chi connectivity index (χ3v) is 6.52. The van der Waals surface area contributed by atoms with Crippen molar-refractivity contribution >= 4 is 45.2 Å². The van der Waals surface area contributed by atoms with E-state index in [9.17, 15) is 19.2 Å². The first-order valence-corrected chi connectivity index (χ1v) is 14.6. The molecule has 10 heteroatoms. The van der Waals surface area contributed by atoms with Crippen LogP contribution in [0, 0.1) is 0 Å². The van der Waals surface area contributed by atoms with Gasteiger partial charge in [-0.3, -0.25) is 19.2 Å². The number of allylic oxidation sites excluding steroid dienone is 2. The molecule has 0 aliphatic heterocycles. The average Bonchev–Trinajstić information content (AvgIpc) is 2.82. The van der Waals surface area contributed by atoms with Crippen molar-refractivity contribution in [2.45, 2.75) is 65.2 Å². The third-order valence-electron chi connectivity index (χ3n) is 4.39. The van der Waals surface area contributed by atoms with Crippen LogP contribution in [0.4, 0.5) is 0 Å². The molecule has 0 fully saturated rings. The van der Waals surface area contributed by atoms with Gasteiger partial charge in [0, 0.05) is 39.0 Å². The zero-order valence-electron chi connectivity index (χ0n) is 20.7. The molecule has 0 unspecified atom stereocenters. The number of rotatable bonds is 21. The highest BCUT2D eigenvalue weighted by Gasteiger charge is 2.05. The molecule has 0 saturated carbocycles. The van der Waals surface area contributed by atoms with Gasteiger partial charge < -0.3 is 21.3 Å². The Morgan fingerprint density at radius 2 is 0.912 bits per heavy atom. The van der Waals surface area contributed by atoms with E-state index in [0.29, 0.717) is 39.0 Å². The topological polar surface area (TPSA) is 116 Å². The zero-order valence-corrected chi connectivity index (χ0v) is 22.3. The molecule has 34 heavy (non-hydrogen) atoms. The van der Waals surface area contributed by atoms with E-state index < -0.39 is 0 Å².